The second kappa shape index (κ2) is 3.73. The molecule has 0 amide bonds. The van der Waals surface area contributed by atoms with Crippen molar-refractivity contribution in [2.75, 3.05) is 6.61 Å². The third-order valence-corrected chi connectivity index (χ3v) is 2.77. The molecule has 0 aliphatic carbocycles. The van der Waals surface area contributed by atoms with Gasteiger partial charge in [0.15, 0.2) is 0 Å². The van der Waals surface area contributed by atoms with Crippen molar-refractivity contribution in [1.29, 1.82) is 0 Å². The van der Waals surface area contributed by atoms with E-state index in [2.05, 4.69) is 20.9 Å². The Bertz CT molecular complexity index is 452. The number of benzene rings is 1. The summed E-state index contributed by atoms with van der Waals surface area (Å²) in [5, 5.41) is 10.0. The van der Waals surface area contributed by atoms with E-state index in [1.165, 1.54) is 0 Å². The zero-order valence-electron chi connectivity index (χ0n) is 7.50. The van der Waals surface area contributed by atoms with Gasteiger partial charge in [0.05, 0.1) is 12.6 Å². The largest absolute Gasteiger partial charge is 0.394 e. The quantitative estimate of drug-likeness (QED) is 0.767. The van der Waals surface area contributed by atoms with E-state index in [4.69, 9.17) is 10.8 Å². The molecule has 2 aromatic rings. The Morgan fingerprint density at radius 3 is 3.00 bits per heavy atom. The maximum atomic E-state index is 8.98. The number of rotatable bonds is 2. The van der Waals surface area contributed by atoms with Gasteiger partial charge in [-0.3, -0.25) is 0 Å². The maximum absolute atomic E-state index is 8.98. The van der Waals surface area contributed by atoms with Gasteiger partial charge in [0, 0.05) is 21.6 Å². The van der Waals surface area contributed by atoms with Crippen molar-refractivity contribution in [2.24, 2.45) is 5.73 Å². The van der Waals surface area contributed by atoms with Gasteiger partial charge < -0.3 is 15.8 Å². The average molecular weight is 255 g/mol. The van der Waals surface area contributed by atoms with Crippen LogP contribution < -0.4 is 5.73 Å². The van der Waals surface area contributed by atoms with Crippen molar-refractivity contribution in [3.8, 4) is 0 Å². The van der Waals surface area contributed by atoms with E-state index in [9.17, 15) is 0 Å². The zero-order chi connectivity index (χ0) is 10.1. The third kappa shape index (κ3) is 1.56. The summed E-state index contributed by atoms with van der Waals surface area (Å²) in [6.45, 7) is -0.0422. The predicted octanol–water partition coefficient (Wildman–Crippen LogP) is 1.92. The van der Waals surface area contributed by atoms with Gasteiger partial charge in [-0.15, -0.1) is 0 Å². The molecule has 0 saturated heterocycles. The van der Waals surface area contributed by atoms with E-state index in [1.807, 2.05) is 24.4 Å². The van der Waals surface area contributed by atoms with E-state index < -0.39 is 0 Å². The number of fused-ring (bicyclic) bond motifs is 1. The van der Waals surface area contributed by atoms with E-state index in [-0.39, 0.29) is 12.6 Å². The second-order valence-electron chi connectivity index (χ2n) is 3.22. The molecular weight excluding hydrogens is 244 g/mol. The van der Waals surface area contributed by atoms with E-state index in [0.717, 1.165) is 20.9 Å². The summed E-state index contributed by atoms with van der Waals surface area (Å²) in [7, 11) is 0. The van der Waals surface area contributed by atoms with Crippen LogP contribution in [0.5, 0.6) is 0 Å². The van der Waals surface area contributed by atoms with E-state index in [1.54, 1.807) is 0 Å². The van der Waals surface area contributed by atoms with Crippen LogP contribution in [0.3, 0.4) is 0 Å². The van der Waals surface area contributed by atoms with Gasteiger partial charge in [0.1, 0.15) is 0 Å². The first-order chi connectivity index (χ1) is 6.72. The van der Waals surface area contributed by atoms with Crippen LogP contribution in [0.25, 0.3) is 10.9 Å². The number of aliphatic hydroxyl groups excluding tert-OH is 1. The fourth-order valence-corrected chi connectivity index (χ4v) is 1.88. The van der Waals surface area contributed by atoms with Gasteiger partial charge in [-0.1, -0.05) is 15.9 Å². The first-order valence-electron chi connectivity index (χ1n) is 4.35. The highest BCUT2D eigenvalue weighted by molar-refractivity contribution is 9.10. The van der Waals surface area contributed by atoms with Crippen LogP contribution in [0.4, 0.5) is 0 Å². The summed E-state index contributed by atoms with van der Waals surface area (Å²) in [4.78, 5) is 3.12. The first kappa shape index (κ1) is 9.71. The summed E-state index contributed by atoms with van der Waals surface area (Å²) in [5.41, 5.74) is 7.75. The number of halogens is 1. The Morgan fingerprint density at radius 1 is 1.50 bits per heavy atom. The number of nitrogens with one attached hydrogen (secondary N) is 1. The monoisotopic (exact) mass is 254 g/mol. The second-order valence-corrected chi connectivity index (χ2v) is 4.14. The Kier molecular flexibility index (Phi) is 2.58. The van der Waals surface area contributed by atoms with Crippen LogP contribution in [0.1, 0.15) is 11.6 Å². The van der Waals surface area contributed by atoms with Crippen molar-refractivity contribution in [3.63, 3.8) is 0 Å². The molecule has 1 aromatic heterocycles. The summed E-state index contributed by atoms with van der Waals surface area (Å²) in [5.74, 6) is 0. The Labute approximate surface area is 90.1 Å². The minimum Gasteiger partial charge on any atom is -0.394 e. The molecule has 74 valence electrons. The van der Waals surface area contributed by atoms with Crippen LogP contribution in [-0.2, 0) is 0 Å². The number of H-pyrrole nitrogens is 1. The number of nitrogens with two attached hydrogens (primary N) is 1. The number of aromatic nitrogens is 1. The van der Waals surface area contributed by atoms with Crippen molar-refractivity contribution in [2.45, 2.75) is 6.04 Å². The summed E-state index contributed by atoms with van der Waals surface area (Å²) < 4.78 is 1.01. The number of aromatic amines is 1. The highest BCUT2D eigenvalue weighted by Gasteiger charge is 2.10. The SMILES string of the molecule is N[C@@H](CO)c1c[nH]c2ccc(Br)cc12. The molecule has 0 aliphatic rings. The molecule has 0 aliphatic heterocycles. The predicted molar refractivity (Wildman–Crippen MR) is 60.0 cm³/mol. The fourth-order valence-electron chi connectivity index (χ4n) is 1.52. The van der Waals surface area contributed by atoms with Crippen molar-refractivity contribution >= 4 is 26.8 Å². The van der Waals surface area contributed by atoms with E-state index in [0.29, 0.717) is 0 Å². The van der Waals surface area contributed by atoms with E-state index >= 15 is 0 Å². The van der Waals surface area contributed by atoms with Gasteiger partial charge in [-0.2, -0.15) is 0 Å². The van der Waals surface area contributed by atoms with Crippen LogP contribution in [-0.4, -0.2) is 16.7 Å². The lowest BCUT2D eigenvalue weighted by molar-refractivity contribution is 0.268. The van der Waals surface area contributed by atoms with Crippen LogP contribution in [0.15, 0.2) is 28.9 Å². The molecule has 1 heterocycles. The van der Waals surface area contributed by atoms with Gasteiger partial charge >= 0.3 is 0 Å². The highest BCUT2D eigenvalue weighted by atomic mass is 79.9. The smallest absolute Gasteiger partial charge is 0.0625 e. The topological polar surface area (TPSA) is 62.0 Å². The lowest BCUT2D eigenvalue weighted by Crippen LogP contribution is -2.13. The average Bonchev–Trinajstić information content (AvgIpc) is 2.59. The summed E-state index contributed by atoms with van der Waals surface area (Å²) in [6, 6.07) is 5.62. The van der Waals surface area contributed by atoms with Crippen molar-refractivity contribution in [3.05, 3.63) is 34.4 Å². The molecule has 0 radical (unpaired) electrons. The first-order valence-corrected chi connectivity index (χ1v) is 5.14. The molecule has 4 N–H and O–H groups in total. The lowest BCUT2D eigenvalue weighted by atomic mass is 10.1. The highest BCUT2D eigenvalue weighted by Crippen LogP contribution is 2.25. The molecule has 0 saturated carbocycles. The molecule has 1 aromatic carbocycles. The number of aliphatic hydroxyl groups is 1. The van der Waals surface area contributed by atoms with Gasteiger partial charge in [-0.05, 0) is 23.8 Å². The Morgan fingerprint density at radius 2 is 2.29 bits per heavy atom. The molecule has 0 unspecified atom stereocenters. The molecular formula is C10H11BrN2O. The Balaban J connectivity index is 2.61. The fraction of sp³-hybridized carbons (Fsp3) is 0.200. The molecule has 1 atom stereocenters. The normalized spacial score (nSPS) is 13.4. The number of hydrogen-bond donors (Lipinski definition) is 3. The molecule has 0 fully saturated rings. The maximum Gasteiger partial charge on any atom is 0.0625 e. The van der Waals surface area contributed by atoms with Gasteiger partial charge in [-0.25, -0.2) is 0 Å². The lowest BCUT2D eigenvalue weighted by Gasteiger charge is -2.05. The summed E-state index contributed by atoms with van der Waals surface area (Å²) >= 11 is 3.41. The van der Waals surface area contributed by atoms with Gasteiger partial charge in [0.25, 0.3) is 0 Å². The summed E-state index contributed by atoms with van der Waals surface area (Å²) in [6.07, 6.45) is 1.85. The minimum atomic E-state index is -0.321. The number of hydrogen-bond acceptors (Lipinski definition) is 2. The molecule has 0 bridgehead atoms. The zero-order valence-corrected chi connectivity index (χ0v) is 9.08. The van der Waals surface area contributed by atoms with Crippen molar-refractivity contribution in [1.82, 2.24) is 4.98 Å². The standard InChI is InChI=1S/C10H11BrN2O/c11-6-1-2-10-7(3-6)8(4-13-10)9(12)5-14/h1-4,9,13-14H,5,12H2/t9-/m0/s1. The van der Waals surface area contributed by atoms with Gasteiger partial charge in [0.2, 0.25) is 0 Å². The van der Waals surface area contributed by atoms with Crippen LogP contribution in [0.2, 0.25) is 0 Å². The van der Waals surface area contributed by atoms with Crippen molar-refractivity contribution < 1.29 is 5.11 Å². The van der Waals surface area contributed by atoms with Crippen LogP contribution >= 0.6 is 15.9 Å². The molecule has 3 nitrogen and oxygen atoms in total. The van der Waals surface area contributed by atoms with Crippen LogP contribution in [0, 0.1) is 0 Å². The third-order valence-electron chi connectivity index (χ3n) is 2.27. The molecule has 2 rings (SSSR count). The molecule has 14 heavy (non-hydrogen) atoms. The molecule has 0 spiro atoms. The minimum absolute atomic E-state index is 0.0422. The Hall–Kier alpha value is -0.840. The molecule has 4 heteroatoms.